The van der Waals surface area contributed by atoms with Gasteiger partial charge in [-0.1, -0.05) is 0 Å². The summed E-state index contributed by atoms with van der Waals surface area (Å²) in [6.45, 7) is 4.68. The van der Waals surface area contributed by atoms with Crippen LogP contribution in [0.3, 0.4) is 0 Å². The number of hydrogen-bond donors (Lipinski definition) is 1. The Morgan fingerprint density at radius 1 is 1.50 bits per heavy atom. The fraction of sp³-hybridized carbons (Fsp3) is 0.875. The molecule has 1 saturated heterocycles. The second kappa shape index (κ2) is 3.12. The van der Waals surface area contributed by atoms with Gasteiger partial charge in [0.2, 0.25) is 0 Å². The van der Waals surface area contributed by atoms with Crippen molar-refractivity contribution in [2.24, 2.45) is 0 Å². The SMILES string of the molecule is CC(=O)[C@H]1OC(C)(C)O[C@H]1CO. The zero-order valence-electron chi connectivity index (χ0n) is 7.53. The summed E-state index contributed by atoms with van der Waals surface area (Å²) in [6, 6.07) is 0. The van der Waals surface area contributed by atoms with Gasteiger partial charge in [0.15, 0.2) is 11.6 Å². The van der Waals surface area contributed by atoms with E-state index < -0.39 is 18.0 Å². The van der Waals surface area contributed by atoms with E-state index in [9.17, 15) is 4.79 Å². The summed E-state index contributed by atoms with van der Waals surface area (Å²) in [6.07, 6.45) is -1.14. The molecule has 70 valence electrons. The van der Waals surface area contributed by atoms with Crippen LogP contribution in [0.2, 0.25) is 0 Å². The fourth-order valence-electron chi connectivity index (χ4n) is 1.31. The topological polar surface area (TPSA) is 55.8 Å². The smallest absolute Gasteiger partial charge is 0.164 e. The van der Waals surface area contributed by atoms with Gasteiger partial charge in [-0.3, -0.25) is 4.79 Å². The summed E-state index contributed by atoms with van der Waals surface area (Å²) in [5, 5.41) is 8.86. The van der Waals surface area contributed by atoms with Crippen LogP contribution in [-0.2, 0) is 14.3 Å². The molecule has 0 unspecified atom stereocenters. The quantitative estimate of drug-likeness (QED) is 0.644. The van der Waals surface area contributed by atoms with Crippen molar-refractivity contribution < 1.29 is 19.4 Å². The van der Waals surface area contributed by atoms with Crippen molar-refractivity contribution in [1.82, 2.24) is 0 Å². The van der Waals surface area contributed by atoms with E-state index in [1.165, 1.54) is 6.92 Å². The minimum atomic E-state index is -0.760. The summed E-state index contributed by atoms with van der Waals surface area (Å²) in [4.78, 5) is 11.0. The van der Waals surface area contributed by atoms with Gasteiger partial charge in [0.1, 0.15) is 12.2 Å². The van der Waals surface area contributed by atoms with Crippen LogP contribution in [0.15, 0.2) is 0 Å². The number of rotatable bonds is 2. The van der Waals surface area contributed by atoms with Crippen molar-refractivity contribution in [3.8, 4) is 0 Å². The highest BCUT2D eigenvalue weighted by Gasteiger charge is 2.43. The highest BCUT2D eigenvalue weighted by Crippen LogP contribution is 2.28. The summed E-state index contributed by atoms with van der Waals surface area (Å²) in [5.41, 5.74) is 0. The Labute approximate surface area is 71.5 Å². The first-order valence-electron chi connectivity index (χ1n) is 3.93. The Kier molecular flexibility index (Phi) is 2.51. The third kappa shape index (κ3) is 1.83. The largest absolute Gasteiger partial charge is 0.394 e. The second-order valence-corrected chi connectivity index (χ2v) is 3.39. The lowest BCUT2D eigenvalue weighted by atomic mass is 10.1. The normalized spacial score (nSPS) is 33.7. The summed E-state index contributed by atoms with van der Waals surface area (Å²) in [5.74, 6) is -0.872. The number of ether oxygens (including phenoxy) is 2. The van der Waals surface area contributed by atoms with Gasteiger partial charge in [-0.25, -0.2) is 0 Å². The Morgan fingerprint density at radius 2 is 2.08 bits per heavy atom. The summed E-state index contributed by atoms with van der Waals surface area (Å²) < 4.78 is 10.6. The molecule has 0 bridgehead atoms. The van der Waals surface area contributed by atoms with E-state index >= 15 is 0 Å². The number of hydrogen-bond acceptors (Lipinski definition) is 4. The molecule has 1 aliphatic heterocycles. The van der Waals surface area contributed by atoms with Gasteiger partial charge in [0.25, 0.3) is 0 Å². The van der Waals surface area contributed by atoms with Gasteiger partial charge in [-0.2, -0.15) is 0 Å². The molecule has 1 N–H and O–H groups in total. The van der Waals surface area contributed by atoms with E-state index in [2.05, 4.69) is 0 Å². The van der Waals surface area contributed by atoms with Crippen LogP contribution < -0.4 is 0 Å². The first-order valence-corrected chi connectivity index (χ1v) is 3.93. The third-order valence-electron chi connectivity index (χ3n) is 1.76. The predicted octanol–water partition coefficient (Wildman–Crippen LogP) is 0.0878. The monoisotopic (exact) mass is 174 g/mol. The van der Waals surface area contributed by atoms with E-state index in [4.69, 9.17) is 14.6 Å². The molecule has 1 aliphatic rings. The number of aliphatic hydroxyl groups is 1. The summed E-state index contributed by atoms with van der Waals surface area (Å²) in [7, 11) is 0. The Morgan fingerprint density at radius 3 is 2.42 bits per heavy atom. The van der Waals surface area contributed by atoms with Gasteiger partial charge in [-0.05, 0) is 20.8 Å². The zero-order chi connectivity index (χ0) is 9.35. The fourth-order valence-corrected chi connectivity index (χ4v) is 1.31. The minimum Gasteiger partial charge on any atom is -0.394 e. The molecule has 0 aromatic rings. The van der Waals surface area contributed by atoms with Crippen molar-refractivity contribution >= 4 is 5.78 Å². The molecule has 1 fully saturated rings. The second-order valence-electron chi connectivity index (χ2n) is 3.39. The van der Waals surface area contributed by atoms with Crippen molar-refractivity contribution in [3.63, 3.8) is 0 Å². The molecule has 2 atom stereocenters. The van der Waals surface area contributed by atoms with E-state index in [0.717, 1.165) is 0 Å². The molecule has 0 aromatic heterocycles. The van der Waals surface area contributed by atoms with Crippen molar-refractivity contribution in [2.75, 3.05) is 6.61 Å². The Bertz CT molecular complexity index is 187. The average molecular weight is 174 g/mol. The van der Waals surface area contributed by atoms with Crippen LogP contribution in [-0.4, -0.2) is 35.5 Å². The van der Waals surface area contributed by atoms with Crippen LogP contribution in [0.4, 0.5) is 0 Å². The number of Topliss-reactive ketones (excluding diaryl/α,β-unsaturated/α-hetero) is 1. The highest BCUT2D eigenvalue weighted by atomic mass is 16.8. The maximum Gasteiger partial charge on any atom is 0.164 e. The molecule has 1 heterocycles. The summed E-state index contributed by atoms with van der Waals surface area (Å²) >= 11 is 0. The van der Waals surface area contributed by atoms with Gasteiger partial charge < -0.3 is 14.6 Å². The van der Waals surface area contributed by atoms with Crippen LogP contribution in [0.5, 0.6) is 0 Å². The lowest BCUT2D eigenvalue weighted by Crippen LogP contribution is -2.32. The van der Waals surface area contributed by atoms with E-state index in [0.29, 0.717) is 0 Å². The van der Waals surface area contributed by atoms with Crippen LogP contribution in [0.25, 0.3) is 0 Å². The van der Waals surface area contributed by atoms with Crippen molar-refractivity contribution in [1.29, 1.82) is 0 Å². The van der Waals surface area contributed by atoms with Crippen LogP contribution in [0.1, 0.15) is 20.8 Å². The first-order chi connectivity index (χ1) is 5.46. The molecule has 0 aromatic carbocycles. The van der Waals surface area contributed by atoms with Crippen molar-refractivity contribution in [3.05, 3.63) is 0 Å². The molecular formula is C8H14O4. The lowest BCUT2D eigenvalue weighted by molar-refractivity contribution is -0.155. The molecule has 12 heavy (non-hydrogen) atoms. The van der Waals surface area contributed by atoms with Crippen LogP contribution >= 0.6 is 0 Å². The standard InChI is InChI=1S/C8H14O4/c1-5(10)7-6(4-9)11-8(2,3)12-7/h6-7,9H,4H2,1-3H3/t6-,7+/m0/s1. The molecule has 0 spiro atoms. The molecule has 0 amide bonds. The van der Waals surface area contributed by atoms with Crippen LogP contribution in [0, 0.1) is 0 Å². The maximum atomic E-state index is 11.0. The average Bonchev–Trinajstić information content (AvgIpc) is 2.25. The molecule has 1 rings (SSSR count). The maximum absolute atomic E-state index is 11.0. The molecule has 4 nitrogen and oxygen atoms in total. The lowest BCUT2D eigenvalue weighted by Gasteiger charge is -2.15. The number of carbonyl (C=O) groups is 1. The Hall–Kier alpha value is -0.450. The number of ketones is 1. The van der Waals surface area contributed by atoms with Crippen molar-refractivity contribution in [2.45, 2.75) is 38.8 Å². The molecule has 0 aliphatic carbocycles. The highest BCUT2D eigenvalue weighted by molar-refractivity contribution is 5.81. The molecular weight excluding hydrogens is 160 g/mol. The molecule has 0 saturated carbocycles. The van der Waals surface area contributed by atoms with E-state index in [-0.39, 0.29) is 12.4 Å². The van der Waals surface area contributed by atoms with E-state index in [1.807, 2.05) is 0 Å². The first kappa shape index (κ1) is 9.64. The van der Waals surface area contributed by atoms with E-state index in [1.54, 1.807) is 13.8 Å². The number of aliphatic hydroxyl groups excluding tert-OH is 1. The van der Waals surface area contributed by atoms with Gasteiger partial charge in [-0.15, -0.1) is 0 Å². The van der Waals surface area contributed by atoms with Gasteiger partial charge in [0, 0.05) is 0 Å². The molecule has 0 radical (unpaired) electrons. The molecule has 4 heteroatoms. The zero-order valence-corrected chi connectivity index (χ0v) is 7.53. The predicted molar refractivity (Wildman–Crippen MR) is 41.6 cm³/mol. The Balaban J connectivity index is 2.69. The minimum absolute atomic E-state index is 0.111. The third-order valence-corrected chi connectivity index (χ3v) is 1.76. The van der Waals surface area contributed by atoms with Gasteiger partial charge >= 0.3 is 0 Å². The number of carbonyl (C=O) groups excluding carboxylic acids is 1. The van der Waals surface area contributed by atoms with Gasteiger partial charge in [0.05, 0.1) is 6.61 Å².